The number of esters is 1. The number of benzene rings is 2. The molecule has 2 aromatic carbocycles. The van der Waals surface area contributed by atoms with E-state index in [-0.39, 0.29) is 19.9 Å². The number of para-hydroxylation sites is 2. The van der Waals surface area contributed by atoms with E-state index in [9.17, 15) is 9.59 Å². The molecule has 0 radical (unpaired) electrons. The van der Waals surface area contributed by atoms with Crippen LogP contribution in [-0.4, -0.2) is 43.1 Å². The molecule has 0 saturated carbocycles. The van der Waals surface area contributed by atoms with Crippen LogP contribution in [0.25, 0.3) is 10.2 Å². The van der Waals surface area contributed by atoms with E-state index in [1.54, 1.807) is 34.9 Å². The molecule has 1 amide bonds. The lowest BCUT2D eigenvalue weighted by Gasteiger charge is -2.23. The van der Waals surface area contributed by atoms with Gasteiger partial charge in [0.15, 0.2) is 27.8 Å². The number of hydrogen-bond donors (Lipinski definition) is 0. The molecule has 0 bridgehead atoms. The Morgan fingerprint density at radius 3 is 2.70 bits per heavy atom. The van der Waals surface area contributed by atoms with Crippen LogP contribution in [-0.2, 0) is 20.9 Å². The van der Waals surface area contributed by atoms with Gasteiger partial charge in [-0.3, -0.25) is 9.59 Å². The van der Waals surface area contributed by atoms with Crippen LogP contribution in [0.2, 0.25) is 0 Å². The van der Waals surface area contributed by atoms with Crippen molar-refractivity contribution in [3.8, 4) is 23.0 Å². The summed E-state index contributed by atoms with van der Waals surface area (Å²) >= 11 is 1.26. The minimum absolute atomic E-state index is 0.0528. The average molecular weight is 428 g/mol. The van der Waals surface area contributed by atoms with Crippen molar-refractivity contribution in [2.75, 3.05) is 20.5 Å². The Labute approximate surface area is 174 Å². The maximum Gasteiger partial charge on any atom is 0.325 e. The van der Waals surface area contributed by atoms with Gasteiger partial charge >= 0.3 is 5.97 Å². The number of ether oxygens (including phenoxy) is 5. The van der Waals surface area contributed by atoms with Gasteiger partial charge in [0.2, 0.25) is 12.9 Å². The van der Waals surface area contributed by atoms with Crippen molar-refractivity contribution in [1.29, 1.82) is 0 Å². The zero-order valence-electron chi connectivity index (χ0n) is 15.8. The highest BCUT2D eigenvalue weighted by molar-refractivity contribution is 7.16. The lowest BCUT2D eigenvalue weighted by atomic mass is 10.2. The second-order valence-corrected chi connectivity index (χ2v) is 7.54. The summed E-state index contributed by atoms with van der Waals surface area (Å²) in [7, 11) is 1.30. The number of rotatable bonds is 3. The third-order valence-electron chi connectivity index (χ3n) is 4.68. The van der Waals surface area contributed by atoms with E-state index in [1.165, 1.54) is 18.4 Å². The van der Waals surface area contributed by atoms with Crippen molar-refractivity contribution in [3.63, 3.8) is 0 Å². The highest BCUT2D eigenvalue weighted by atomic mass is 32.1. The molecule has 1 atom stereocenters. The fourth-order valence-corrected chi connectivity index (χ4v) is 4.24. The summed E-state index contributed by atoms with van der Waals surface area (Å²) in [6.45, 7) is 0.0875. The molecule has 0 N–H and O–H groups in total. The Hall–Kier alpha value is -3.53. The van der Waals surface area contributed by atoms with Crippen molar-refractivity contribution in [2.45, 2.75) is 12.6 Å². The van der Waals surface area contributed by atoms with Crippen LogP contribution in [0.5, 0.6) is 23.0 Å². The number of thiazole rings is 1. The number of carbonyl (C=O) groups is 2. The monoisotopic (exact) mass is 428 g/mol. The molecule has 3 heterocycles. The summed E-state index contributed by atoms with van der Waals surface area (Å²) in [6, 6.07) is 10.7. The molecule has 2 aliphatic rings. The molecule has 154 valence electrons. The summed E-state index contributed by atoms with van der Waals surface area (Å²) in [4.78, 5) is 29.4. The first-order valence-electron chi connectivity index (χ1n) is 9.09. The molecule has 30 heavy (non-hydrogen) atoms. The van der Waals surface area contributed by atoms with Gasteiger partial charge in [0.1, 0.15) is 13.2 Å². The molecule has 0 saturated heterocycles. The van der Waals surface area contributed by atoms with E-state index in [1.807, 2.05) is 6.07 Å². The van der Waals surface area contributed by atoms with Crippen molar-refractivity contribution < 1.29 is 33.3 Å². The van der Waals surface area contributed by atoms with E-state index in [0.29, 0.717) is 33.3 Å². The minimum Gasteiger partial charge on any atom is -0.485 e. The third-order valence-corrected chi connectivity index (χ3v) is 5.72. The Morgan fingerprint density at radius 1 is 1.13 bits per heavy atom. The Morgan fingerprint density at radius 2 is 1.90 bits per heavy atom. The van der Waals surface area contributed by atoms with Gasteiger partial charge < -0.3 is 28.3 Å². The summed E-state index contributed by atoms with van der Waals surface area (Å²) in [5.41, 5.74) is 0.687. The summed E-state index contributed by atoms with van der Waals surface area (Å²) < 4.78 is 29.4. The van der Waals surface area contributed by atoms with Crippen LogP contribution in [0.15, 0.2) is 41.4 Å². The second-order valence-electron chi connectivity index (χ2n) is 6.53. The molecular formula is C20H16N2O7S. The lowest BCUT2D eigenvalue weighted by Crippen LogP contribution is -2.37. The van der Waals surface area contributed by atoms with Crippen LogP contribution in [0.3, 0.4) is 0 Å². The van der Waals surface area contributed by atoms with E-state index >= 15 is 0 Å². The third kappa shape index (κ3) is 3.24. The van der Waals surface area contributed by atoms with Gasteiger partial charge in [-0.05, 0) is 12.1 Å². The average Bonchev–Trinajstić information content (AvgIpc) is 3.35. The summed E-state index contributed by atoms with van der Waals surface area (Å²) in [5.74, 6) is 1.27. The Kier molecular flexibility index (Phi) is 4.55. The van der Waals surface area contributed by atoms with Crippen LogP contribution in [0.1, 0.15) is 0 Å². The topological polar surface area (TPSA) is 97.6 Å². The fraction of sp³-hybridized carbons (Fsp3) is 0.250. The zero-order valence-corrected chi connectivity index (χ0v) is 16.6. The molecule has 0 unspecified atom stereocenters. The van der Waals surface area contributed by atoms with Crippen LogP contribution >= 0.6 is 11.3 Å². The number of fused-ring (bicyclic) bond motifs is 3. The molecule has 9 nitrogen and oxygen atoms in total. The van der Waals surface area contributed by atoms with Gasteiger partial charge in [0.25, 0.3) is 5.91 Å². The van der Waals surface area contributed by atoms with Gasteiger partial charge in [-0.2, -0.15) is 4.99 Å². The zero-order chi connectivity index (χ0) is 20.7. The predicted molar refractivity (Wildman–Crippen MR) is 105 cm³/mol. The second kappa shape index (κ2) is 7.38. The number of hydrogen-bond acceptors (Lipinski definition) is 8. The molecule has 2 aliphatic heterocycles. The number of carbonyl (C=O) groups excluding carboxylic acids is 2. The Bertz CT molecular complexity index is 1230. The number of methoxy groups -OCH3 is 1. The minimum atomic E-state index is -0.881. The number of aromatic nitrogens is 1. The molecule has 0 aliphatic carbocycles. The Balaban J connectivity index is 1.54. The first kappa shape index (κ1) is 18.5. The fourth-order valence-electron chi connectivity index (χ4n) is 3.20. The molecule has 0 fully saturated rings. The van der Waals surface area contributed by atoms with Crippen LogP contribution in [0, 0.1) is 0 Å². The van der Waals surface area contributed by atoms with E-state index in [4.69, 9.17) is 23.7 Å². The molecule has 5 rings (SSSR count). The maximum atomic E-state index is 12.8. The number of amides is 1. The normalized spacial score (nSPS) is 17.2. The highest BCUT2D eigenvalue weighted by Crippen LogP contribution is 2.37. The molecule has 1 aromatic heterocycles. The lowest BCUT2D eigenvalue weighted by molar-refractivity contribution is -0.141. The quantitative estimate of drug-likeness (QED) is 0.588. The van der Waals surface area contributed by atoms with E-state index < -0.39 is 18.0 Å². The SMILES string of the molecule is COC(=O)Cn1c(=NC(=O)[C@H]2COc3ccccc3O2)sc2cc3c(cc21)OCO3. The van der Waals surface area contributed by atoms with Gasteiger partial charge in [-0.15, -0.1) is 0 Å². The smallest absolute Gasteiger partial charge is 0.325 e. The van der Waals surface area contributed by atoms with Crippen molar-refractivity contribution in [1.82, 2.24) is 4.57 Å². The first-order valence-corrected chi connectivity index (χ1v) is 9.91. The molecule has 10 heteroatoms. The number of nitrogens with zero attached hydrogens (tertiary/aromatic N) is 2. The van der Waals surface area contributed by atoms with Crippen molar-refractivity contribution in [3.05, 3.63) is 41.2 Å². The molecule has 3 aromatic rings. The molecular weight excluding hydrogens is 412 g/mol. The van der Waals surface area contributed by atoms with Crippen molar-refractivity contribution in [2.24, 2.45) is 4.99 Å². The maximum absolute atomic E-state index is 12.8. The predicted octanol–water partition coefficient (Wildman–Crippen LogP) is 1.87. The van der Waals surface area contributed by atoms with Crippen LogP contribution < -0.4 is 23.7 Å². The summed E-state index contributed by atoms with van der Waals surface area (Å²) in [6.07, 6.45) is -0.881. The highest BCUT2D eigenvalue weighted by Gasteiger charge is 2.27. The summed E-state index contributed by atoms with van der Waals surface area (Å²) in [5, 5.41) is 0. The van der Waals surface area contributed by atoms with Crippen molar-refractivity contribution >= 4 is 33.4 Å². The van der Waals surface area contributed by atoms with Gasteiger partial charge in [-0.25, -0.2) is 0 Å². The largest absolute Gasteiger partial charge is 0.485 e. The standard InChI is InChI=1S/C20H16N2O7S/c1-25-18(23)8-22-11-6-14-15(28-10-27-14)7-17(11)30-20(22)21-19(24)16-9-26-12-4-2-3-5-13(12)29-16/h2-7,16H,8-10H2,1H3/t16-/m1/s1. The van der Waals surface area contributed by atoms with E-state index in [0.717, 1.165) is 4.70 Å². The van der Waals surface area contributed by atoms with E-state index in [2.05, 4.69) is 4.99 Å². The van der Waals surface area contributed by atoms with Gasteiger partial charge in [0, 0.05) is 12.1 Å². The van der Waals surface area contributed by atoms with Gasteiger partial charge in [0.05, 0.1) is 17.3 Å². The molecule has 0 spiro atoms. The van der Waals surface area contributed by atoms with Crippen LogP contribution in [0.4, 0.5) is 0 Å². The van der Waals surface area contributed by atoms with Gasteiger partial charge in [-0.1, -0.05) is 23.5 Å². The first-order chi connectivity index (χ1) is 14.6.